The number of carbonyl (C=O) groups excluding carboxylic acids is 1. The Bertz CT molecular complexity index is 639. The molecule has 0 spiro atoms. The average molecular weight is 319 g/mol. The number of anilines is 2. The van der Waals surface area contributed by atoms with Crippen LogP contribution in [0.3, 0.4) is 0 Å². The van der Waals surface area contributed by atoms with Gasteiger partial charge in [-0.25, -0.2) is 9.18 Å². The van der Waals surface area contributed by atoms with Gasteiger partial charge in [0.2, 0.25) is 0 Å². The fourth-order valence-corrected chi connectivity index (χ4v) is 2.81. The Hall–Kier alpha value is -2.53. The summed E-state index contributed by atoms with van der Waals surface area (Å²) in [6.07, 6.45) is -0.856. The second-order valence-corrected chi connectivity index (χ2v) is 5.53. The number of hydrogen-bond acceptors (Lipinski definition) is 5. The fourth-order valence-electron chi connectivity index (χ4n) is 2.81. The second kappa shape index (κ2) is 6.30. The standard InChI is InChI=1S/C15H18FN5O2/c1-18-20-6-4-19(5-7-20)14-3-2-11(8-13(14)16)21-10-12(9-17)23-15(21)22/h2-3,8,12H,4-7,9-10,17H2/t12-/m0/s1. The van der Waals surface area contributed by atoms with E-state index < -0.39 is 6.09 Å². The Morgan fingerprint density at radius 1 is 1.35 bits per heavy atom. The van der Waals surface area contributed by atoms with Crippen molar-refractivity contribution in [2.75, 3.05) is 49.1 Å². The normalized spacial score (nSPS) is 21.3. The number of nitrogens with two attached hydrogens (primary N) is 1. The van der Waals surface area contributed by atoms with Crippen LogP contribution in [0.4, 0.5) is 20.6 Å². The molecule has 23 heavy (non-hydrogen) atoms. The Morgan fingerprint density at radius 3 is 2.65 bits per heavy atom. The van der Waals surface area contributed by atoms with Crippen LogP contribution in [-0.2, 0) is 4.74 Å². The molecule has 1 atom stereocenters. The van der Waals surface area contributed by atoms with E-state index in [1.165, 1.54) is 11.0 Å². The maximum absolute atomic E-state index is 14.5. The minimum atomic E-state index is -0.502. The molecule has 122 valence electrons. The van der Waals surface area contributed by atoms with Gasteiger partial charge in [0.15, 0.2) is 0 Å². The van der Waals surface area contributed by atoms with E-state index >= 15 is 0 Å². The first-order chi connectivity index (χ1) is 11.1. The molecule has 8 heteroatoms. The molecule has 2 saturated heterocycles. The number of piperazine rings is 1. The molecule has 0 aromatic heterocycles. The number of rotatable bonds is 3. The second-order valence-electron chi connectivity index (χ2n) is 5.53. The lowest BCUT2D eigenvalue weighted by Gasteiger charge is -2.31. The van der Waals surface area contributed by atoms with Crippen molar-refractivity contribution < 1.29 is 13.9 Å². The van der Waals surface area contributed by atoms with Crippen molar-refractivity contribution in [3.8, 4) is 0 Å². The van der Waals surface area contributed by atoms with E-state index in [4.69, 9.17) is 17.0 Å². The third-order valence-corrected chi connectivity index (χ3v) is 4.12. The molecule has 7 nitrogen and oxygen atoms in total. The summed E-state index contributed by atoms with van der Waals surface area (Å²) in [5.41, 5.74) is 6.45. The number of amides is 1. The Labute approximate surface area is 133 Å². The highest BCUT2D eigenvalue weighted by atomic mass is 19.1. The molecule has 0 bridgehead atoms. The van der Waals surface area contributed by atoms with Crippen molar-refractivity contribution in [1.82, 2.24) is 5.01 Å². The minimum absolute atomic E-state index is 0.244. The molecule has 2 N–H and O–H groups in total. The van der Waals surface area contributed by atoms with Gasteiger partial charge in [-0.3, -0.25) is 4.90 Å². The molecule has 0 saturated carbocycles. The summed E-state index contributed by atoms with van der Waals surface area (Å²) in [7, 11) is 0. The van der Waals surface area contributed by atoms with Crippen LogP contribution in [0.1, 0.15) is 0 Å². The van der Waals surface area contributed by atoms with Crippen molar-refractivity contribution in [2.45, 2.75) is 6.10 Å². The van der Waals surface area contributed by atoms with E-state index in [0.717, 1.165) is 0 Å². The molecular formula is C15H18FN5O2. The molecule has 2 heterocycles. The van der Waals surface area contributed by atoms with Gasteiger partial charge in [0, 0.05) is 19.6 Å². The van der Waals surface area contributed by atoms with Gasteiger partial charge < -0.3 is 15.4 Å². The quantitative estimate of drug-likeness (QED) is 0.844. The third-order valence-electron chi connectivity index (χ3n) is 4.12. The summed E-state index contributed by atoms with van der Waals surface area (Å²) >= 11 is 0. The van der Waals surface area contributed by atoms with Crippen LogP contribution in [0.2, 0.25) is 0 Å². The number of halogens is 1. The van der Waals surface area contributed by atoms with E-state index in [9.17, 15) is 9.18 Å². The topological polar surface area (TPSA) is 66.4 Å². The molecule has 3 rings (SSSR count). The van der Waals surface area contributed by atoms with Gasteiger partial charge >= 0.3 is 6.09 Å². The summed E-state index contributed by atoms with van der Waals surface area (Å²) in [5, 5.41) is 1.63. The van der Waals surface area contributed by atoms with Gasteiger partial charge in [-0.2, -0.15) is 11.5 Å². The zero-order valence-corrected chi connectivity index (χ0v) is 12.6. The zero-order chi connectivity index (χ0) is 16.4. The lowest BCUT2D eigenvalue weighted by molar-refractivity contribution is 0.145. The first-order valence-corrected chi connectivity index (χ1v) is 7.47. The van der Waals surface area contributed by atoms with Gasteiger partial charge in [0.05, 0.1) is 17.9 Å². The number of cyclic esters (lactones) is 1. The summed E-state index contributed by atoms with van der Waals surface area (Å²) in [4.78, 5) is 18.5. The van der Waals surface area contributed by atoms with Crippen molar-refractivity contribution >= 4 is 17.5 Å². The van der Waals surface area contributed by atoms with Gasteiger partial charge in [-0.15, -0.1) is 5.01 Å². The smallest absolute Gasteiger partial charge is 0.414 e. The molecule has 2 fully saturated rings. The maximum atomic E-state index is 14.5. The van der Waals surface area contributed by atoms with Crippen LogP contribution in [0.5, 0.6) is 0 Å². The summed E-state index contributed by atoms with van der Waals surface area (Å²) in [5.74, 6) is -0.386. The highest BCUT2D eigenvalue weighted by Gasteiger charge is 2.32. The average Bonchev–Trinajstić information content (AvgIpc) is 2.96. The van der Waals surface area contributed by atoms with E-state index in [0.29, 0.717) is 44.1 Å². The number of nitrogens with zero attached hydrogens (tertiary/aromatic N) is 4. The Kier molecular flexibility index (Phi) is 4.21. The number of carbonyl (C=O) groups is 1. The molecule has 1 amide bonds. The van der Waals surface area contributed by atoms with E-state index in [1.807, 2.05) is 4.90 Å². The van der Waals surface area contributed by atoms with Crippen molar-refractivity contribution in [2.24, 2.45) is 5.73 Å². The van der Waals surface area contributed by atoms with Crippen LogP contribution in [0.15, 0.2) is 18.2 Å². The first-order valence-electron chi connectivity index (χ1n) is 7.47. The molecule has 2 aliphatic rings. The van der Waals surface area contributed by atoms with Crippen molar-refractivity contribution in [1.29, 1.82) is 0 Å². The summed E-state index contributed by atoms with van der Waals surface area (Å²) in [6, 6.07) is 4.72. The minimum Gasteiger partial charge on any atom is -0.443 e. The lowest BCUT2D eigenvalue weighted by Crippen LogP contribution is -2.43. The number of hydrogen-bond donors (Lipinski definition) is 1. The molecule has 1 aromatic rings. The van der Waals surface area contributed by atoms with E-state index in [-0.39, 0.29) is 18.5 Å². The number of ether oxygens (including phenoxy) is 1. The van der Waals surface area contributed by atoms with Crippen LogP contribution in [0, 0.1) is 12.4 Å². The highest BCUT2D eigenvalue weighted by Crippen LogP contribution is 2.28. The first kappa shape index (κ1) is 15.4. The van der Waals surface area contributed by atoms with Crippen LogP contribution < -0.4 is 15.5 Å². The van der Waals surface area contributed by atoms with Crippen LogP contribution in [0.25, 0.3) is 4.95 Å². The van der Waals surface area contributed by atoms with E-state index in [2.05, 4.69) is 4.95 Å². The summed E-state index contributed by atoms with van der Waals surface area (Å²) < 4.78 is 19.5. The van der Waals surface area contributed by atoms with E-state index in [1.54, 1.807) is 17.1 Å². The molecule has 0 unspecified atom stereocenters. The Morgan fingerprint density at radius 2 is 2.09 bits per heavy atom. The maximum Gasteiger partial charge on any atom is 0.414 e. The fraction of sp³-hybridized carbons (Fsp3) is 0.467. The Balaban J connectivity index is 1.74. The number of benzene rings is 1. The van der Waals surface area contributed by atoms with Gasteiger partial charge in [0.25, 0.3) is 0 Å². The molecule has 1 aromatic carbocycles. The molecule has 0 radical (unpaired) electrons. The monoisotopic (exact) mass is 319 g/mol. The van der Waals surface area contributed by atoms with Gasteiger partial charge in [-0.05, 0) is 18.2 Å². The van der Waals surface area contributed by atoms with Crippen molar-refractivity contribution in [3.05, 3.63) is 35.5 Å². The van der Waals surface area contributed by atoms with Crippen molar-refractivity contribution in [3.63, 3.8) is 0 Å². The summed E-state index contributed by atoms with van der Waals surface area (Å²) in [6.45, 7) is 9.92. The predicted octanol–water partition coefficient (Wildman–Crippen LogP) is 1.07. The molecule has 2 aliphatic heterocycles. The SMILES string of the molecule is [C-]#[N+]N1CCN(c2ccc(N3C[C@H](CN)OC3=O)cc2F)CC1. The lowest BCUT2D eigenvalue weighted by atomic mass is 10.2. The zero-order valence-electron chi connectivity index (χ0n) is 12.6. The predicted molar refractivity (Wildman–Crippen MR) is 83.5 cm³/mol. The van der Waals surface area contributed by atoms with Crippen LogP contribution in [-0.4, -0.2) is 56.5 Å². The highest BCUT2D eigenvalue weighted by molar-refractivity contribution is 5.90. The van der Waals surface area contributed by atoms with Crippen LogP contribution >= 0.6 is 0 Å². The van der Waals surface area contributed by atoms with Gasteiger partial charge in [-0.1, -0.05) is 0 Å². The molecular weight excluding hydrogens is 301 g/mol. The molecule has 0 aliphatic carbocycles. The third kappa shape index (κ3) is 3.00. The largest absolute Gasteiger partial charge is 0.443 e. The van der Waals surface area contributed by atoms with Gasteiger partial charge in [0.1, 0.15) is 25.0 Å².